The zero-order valence-electron chi connectivity index (χ0n) is 11.7. The Balaban J connectivity index is 1.91. The van der Waals surface area contributed by atoms with Gasteiger partial charge in [-0.25, -0.2) is 0 Å². The van der Waals surface area contributed by atoms with Gasteiger partial charge >= 0.3 is 0 Å². The van der Waals surface area contributed by atoms with Gasteiger partial charge in [0.05, 0.1) is 5.56 Å². The van der Waals surface area contributed by atoms with E-state index in [2.05, 4.69) is 4.98 Å². The summed E-state index contributed by atoms with van der Waals surface area (Å²) in [5.41, 5.74) is 2.93. The van der Waals surface area contributed by atoms with Gasteiger partial charge in [-0.3, -0.25) is 4.79 Å². The Morgan fingerprint density at radius 1 is 0.818 bits per heavy atom. The summed E-state index contributed by atoms with van der Waals surface area (Å²) < 4.78 is 0. The van der Waals surface area contributed by atoms with Crippen LogP contribution in [0.4, 0.5) is 0 Å². The average molecular weight is 287 g/mol. The summed E-state index contributed by atoms with van der Waals surface area (Å²) >= 11 is 0. The molecule has 22 heavy (non-hydrogen) atoms. The summed E-state index contributed by atoms with van der Waals surface area (Å²) in [6, 6.07) is 20.2. The van der Waals surface area contributed by atoms with Gasteiger partial charge in [0, 0.05) is 27.4 Å². The SMILES string of the molecule is O=C(c1ccc2[nH]c3ccccc3c2c1)c1ccccc1O. The zero-order chi connectivity index (χ0) is 15.1. The number of aromatic nitrogens is 1. The molecule has 2 N–H and O–H groups in total. The van der Waals surface area contributed by atoms with Gasteiger partial charge in [0.25, 0.3) is 0 Å². The van der Waals surface area contributed by atoms with Crippen molar-refractivity contribution in [1.29, 1.82) is 0 Å². The number of para-hydroxylation sites is 2. The number of phenols is 1. The first-order chi connectivity index (χ1) is 10.7. The maximum atomic E-state index is 12.6. The van der Waals surface area contributed by atoms with Gasteiger partial charge in [0.1, 0.15) is 5.75 Å². The number of rotatable bonds is 2. The highest BCUT2D eigenvalue weighted by Crippen LogP contribution is 2.28. The lowest BCUT2D eigenvalue weighted by Crippen LogP contribution is -2.01. The van der Waals surface area contributed by atoms with Crippen LogP contribution in [0.3, 0.4) is 0 Å². The molecule has 0 aliphatic carbocycles. The van der Waals surface area contributed by atoms with Crippen molar-refractivity contribution in [3.8, 4) is 5.75 Å². The first-order valence-electron chi connectivity index (χ1n) is 7.07. The largest absolute Gasteiger partial charge is 0.507 e. The lowest BCUT2D eigenvalue weighted by atomic mass is 10.0. The van der Waals surface area contributed by atoms with Crippen LogP contribution in [-0.2, 0) is 0 Å². The van der Waals surface area contributed by atoms with E-state index in [0.29, 0.717) is 11.1 Å². The molecule has 0 amide bonds. The highest BCUT2D eigenvalue weighted by Gasteiger charge is 2.14. The Morgan fingerprint density at radius 2 is 1.55 bits per heavy atom. The van der Waals surface area contributed by atoms with Gasteiger partial charge in [-0.1, -0.05) is 30.3 Å². The number of hydrogen-bond donors (Lipinski definition) is 2. The van der Waals surface area contributed by atoms with E-state index < -0.39 is 0 Å². The molecule has 0 fully saturated rings. The summed E-state index contributed by atoms with van der Waals surface area (Å²) in [4.78, 5) is 15.9. The molecule has 0 spiro atoms. The summed E-state index contributed by atoms with van der Waals surface area (Å²) in [5, 5.41) is 12.0. The number of nitrogens with one attached hydrogen (secondary N) is 1. The van der Waals surface area contributed by atoms with Gasteiger partial charge in [0.15, 0.2) is 5.78 Å². The fraction of sp³-hybridized carbons (Fsp3) is 0. The van der Waals surface area contributed by atoms with Crippen molar-refractivity contribution < 1.29 is 9.90 Å². The van der Waals surface area contributed by atoms with Crippen LogP contribution in [-0.4, -0.2) is 15.9 Å². The summed E-state index contributed by atoms with van der Waals surface area (Å²) in [6.07, 6.45) is 0. The van der Waals surface area contributed by atoms with Gasteiger partial charge < -0.3 is 10.1 Å². The van der Waals surface area contributed by atoms with Gasteiger partial charge in [-0.2, -0.15) is 0 Å². The Labute approximate surface area is 126 Å². The second-order valence-corrected chi connectivity index (χ2v) is 5.28. The molecular formula is C19H13NO2. The first-order valence-corrected chi connectivity index (χ1v) is 7.07. The van der Waals surface area contributed by atoms with E-state index in [1.54, 1.807) is 24.3 Å². The van der Waals surface area contributed by atoms with Crippen LogP contribution in [0.1, 0.15) is 15.9 Å². The van der Waals surface area contributed by atoms with E-state index in [9.17, 15) is 9.90 Å². The van der Waals surface area contributed by atoms with Crippen molar-refractivity contribution in [2.75, 3.05) is 0 Å². The number of H-pyrrole nitrogens is 1. The minimum atomic E-state index is -0.176. The second-order valence-electron chi connectivity index (χ2n) is 5.28. The van der Waals surface area contributed by atoms with Crippen LogP contribution in [0.5, 0.6) is 5.75 Å². The van der Waals surface area contributed by atoms with E-state index in [1.165, 1.54) is 6.07 Å². The lowest BCUT2D eigenvalue weighted by Gasteiger charge is -2.04. The number of phenolic OH excluding ortho intramolecular Hbond substituents is 1. The summed E-state index contributed by atoms with van der Waals surface area (Å²) in [6.45, 7) is 0. The van der Waals surface area contributed by atoms with Gasteiger partial charge in [-0.15, -0.1) is 0 Å². The Hall–Kier alpha value is -3.07. The minimum absolute atomic E-state index is 0.00604. The zero-order valence-corrected chi connectivity index (χ0v) is 11.7. The monoisotopic (exact) mass is 287 g/mol. The average Bonchev–Trinajstić information content (AvgIpc) is 2.92. The van der Waals surface area contributed by atoms with Crippen molar-refractivity contribution in [3.63, 3.8) is 0 Å². The van der Waals surface area contributed by atoms with E-state index in [1.807, 2.05) is 36.4 Å². The molecule has 0 aliphatic rings. The quantitative estimate of drug-likeness (QED) is 0.541. The molecule has 3 nitrogen and oxygen atoms in total. The molecule has 0 saturated heterocycles. The number of carbonyl (C=O) groups is 1. The van der Waals surface area contributed by atoms with Crippen LogP contribution in [0, 0.1) is 0 Å². The maximum absolute atomic E-state index is 12.6. The molecule has 0 atom stereocenters. The Bertz CT molecular complexity index is 1010. The highest BCUT2D eigenvalue weighted by molar-refractivity contribution is 6.15. The molecule has 0 unspecified atom stereocenters. The number of hydrogen-bond acceptors (Lipinski definition) is 2. The van der Waals surface area contributed by atoms with Gasteiger partial charge in [0.2, 0.25) is 0 Å². The third kappa shape index (κ3) is 1.87. The molecule has 4 aromatic rings. The molecule has 4 rings (SSSR count). The van der Waals surface area contributed by atoms with E-state index in [-0.39, 0.29) is 11.5 Å². The third-order valence-corrected chi connectivity index (χ3v) is 3.92. The number of aromatic hydroxyl groups is 1. The van der Waals surface area contributed by atoms with Crippen LogP contribution in [0.2, 0.25) is 0 Å². The molecule has 0 aliphatic heterocycles. The molecule has 3 aromatic carbocycles. The normalized spacial score (nSPS) is 11.1. The molecule has 3 heteroatoms. The van der Waals surface area contributed by atoms with E-state index in [0.717, 1.165) is 21.8 Å². The molecule has 0 saturated carbocycles. The third-order valence-electron chi connectivity index (χ3n) is 3.92. The van der Waals surface area contributed by atoms with Crippen LogP contribution < -0.4 is 0 Å². The summed E-state index contributed by atoms with van der Waals surface area (Å²) in [5.74, 6) is -0.170. The number of benzene rings is 3. The minimum Gasteiger partial charge on any atom is -0.507 e. The highest BCUT2D eigenvalue weighted by atomic mass is 16.3. The Kier molecular flexibility index (Phi) is 2.73. The number of fused-ring (bicyclic) bond motifs is 3. The fourth-order valence-corrected chi connectivity index (χ4v) is 2.81. The molecule has 0 bridgehead atoms. The molecule has 1 heterocycles. The standard InChI is InChI=1S/C19H13NO2/c21-18-8-4-2-6-14(18)19(22)12-9-10-17-15(11-12)13-5-1-3-7-16(13)20-17/h1-11,20-21H. The van der Waals surface area contributed by atoms with Crippen molar-refractivity contribution in [2.24, 2.45) is 0 Å². The van der Waals surface area contributed by atoms with Crippen LogP contribution in [0.15, 0.2) is 66.7 Å². The maximum Gasteiger partial charge on any atom is 0.196 e. The van der Waals surface area contributed by atoms with E-state index >= 15 is 0 Å². The van der Waals surface area contributed by atoms with E-state index in [4.69, 9.17) is 0 Å². The summed E-state index contributed by atoms with van der Waals surface area (Å²) in [7, 11) is 0. The second kappa shape index (κ2) is 4.74. The number of aromatic amines is 1. The first kappa shape index (κ1) is 12.7. The van der Waals surface area contributed by atoms with Crippen LogP contribution >= 0.6 is 0 Å². The number of ketones is 1. The molecule has 1 aromatic heterocycles. The molecule has 0 radical (unpaired) electrons. The van der Waals surface area contributed by atoms with Crippen molar-refractivity contribution in [1.82, 2.24) is 4.98 Å². The molecule has 106 valence electrons. The van der Waals surface area contributed by atoms with Crippen molar-refractivity contribution >= 4 is 27.6 Å². The predicted molar refractivity (Wildman–Crippen MR) is 87.3 cm³/mol. The lowest BCUT2D eigenvalue weighted by molar-refractivity contribution is 0.103. The topological polar surface area (TPSA) is 53.1 Å². The van der Waals surface area contributed by atoms with Gasteiger partial charge in [-0.05, 0) is 36.4 Å². The number of carbonyl (C=O) groups excluding carboxylic acids is 1. The van der Waals surface area contributed by atoms with Crippen molar-refractivity contribution in [2.45, 2.75) is 0 Å². The Morgan fingerprint density at radius 3 is 2.41 bits per heavy atom. The van der Waals surface area contributed by atoms with Crippen molar-refractivity contribution in [3.05, 3.63) is 77.9 Å². The molecular weight excluding hydrogens is 274 g/mol. The van der Waals surface area contributed by atoms with Crippen LogP contribution in [0.25, 0.3) is 21.8 Å². The fourth-order valence-electron chi connectivity index (χ4n) is 2.81. The predicted octanol–water partition coefficient (Wildman–Crippen LogP) is 4.26. The smallest absolute Gasteiger partial charge is 0.196 e.